The number of fused-ring (bicyclic) bond motifs is 1. The number of phenols is 2. The lowest BCUT2D eigenvalue weighted by molar-refractivity contribution is 0.112. The summed E-state index contributed by atoms with van der Waals surface area (Å²) < 4.78 is 12.0. The molecule has 0 bridgehead atoms. The summed E-state index contributed by atoms with van der Waals surface area (Å²) in [5, 5.41) is 27.0. The summed E-state index contributed by atoms with van der Waals surface area (Å²) in [5.41, 5.74) is 2.11. The quantitative estimate of drug-likeness (QED) is 0.199. The Hall–Kier alpha value is -3.09. The van der Waals surface area contributed by atoms with Crippen LogP contribution in [0.25, 0.3) is 0 Å². The Balaban J connectivity index is 1.80. The number of anilines is 2. The number of rotatable bonds is 12. The zero-order valence-corrected chi connectivity index (χ0v) is 18.2. The van der Waals surface area contributed by atoms with Crippen molar-refractivity contribution in [3.05, 3.63) is 35.4 Å². The standard InChI is InChI=1S/C24H32N2O5/c1-3-5-7-11-30-20-13-18-19(14-21(20)31-12-8-6-4-2)26-24(25-18)17-10-9-16(15-27)22(28)23(17)29/h9-10,13-15,24-26,28-29H,3-8,11-12H2,1-2H3. The lowest BCUT2D eigenvalue weighted by Crippen LogP contribution is -2.12. The average molecular weight is 429 g/mol. The van der Waals surface area contributed by atoms with E-state index >= 15 is 0 Å². The van der Waals surface area contributed by atoms with Gasteiger partial charge in [0.25, 0.3) is 0 Å². The third-order valence-corrected chi connectivity index (χ3v) is 5.35. The molecular formula is C24H32N2O5. The van der Waals surface area contributed by atoms with Crippen LogP contribution in [0.1, 0.15) is 74.5 Å². The minimum Gasteiger partial charge on any atom is -0.504 e. The monoisotopic (exact) mass is 428 g/mol. The molecule has 7 nitrogen and oxygen atoms in total. The molecule has 0 amide bonds. The van der Waals surface area contributed by atoms with Gasteiger partial charge in [0.05, 0.1) is 30.2 Å². The summed E-state index contributed by atoms with van der Waals surface area (Å²) in [6.07, 6.45) is 6.47. The number of phenolic OH excluding ortho intramolecular Hbond substituents is 2. The maximum atomic E-state index is 11.0. The Bertz CT molecular complexity index is 859. The molecule has 31 heavy (non-hydrogen) atoms. The van der Waals surface area contributed by atoms with E-state index in [1.54, 1.807) is 6.07 Å². The van der Waals surface area contributed by atoms with Gasteiger partial charge in [-0.25, -0.2) is 0 Å². The number of hydrogen-bond donors (Lipinski definition) is 4. The molecule has 3 rings (SSSR count). The predicted octanol–water partition coefficient (Wildman–Crippen LogP) is 5.58. The lowest BCUT2D eigenvalue weighted by atomic mass is 10.1. The molecule has 0 saturated heterocycles. The minimum atomic E-state index is -0.468. The largest absolute Gasteiger partial charge is 0.504 e. The van der Waals surface area contributed by atoms with E-state index in [0.717, 1.165) is 49.9 Å². The summed E-state index contributed by atoms with van der Waals surface area (Å²) in [6.45, 7) is 5.55. The molecular weight excluding hydrogens is 396 g/mol. The van der Waals surface area contributed by atoms with Crippen molar-refractivity contribution in [2.75, 3.05) is 23.8 Å². The summed E-state index contributed by atoms with van der Waals surface area (Å²) >= 11 is 0. The highest BCUT2D eigenvalue weighted by molar-refractivity contribution is 5.83. The first kappa shape index (κ1) is 22.6. The summed E-state index contributed by atoms with van der Waals surface area (Å²) in [6, 6.07) is 6.90. The van der Waals surface area contributed by atoms with Crippen LogP contribution in [0.3, 0.4) is 0 Å². The summed E-state index contributed by atoms with van der Waals surface area (Å²) in [4.78, 5) is 11.0. The zero-order chi connectivity index (χ0) is 22.2. The number of unbranched alkanes of at least 4 members (excludes halogenated alkanes) is 4. The van der Waals surface area contributed by atoms with Crippen LogP contribution in [0.5, 0.6) is 23.0 Å². The van der Waals surface area contributed by atoms with Crippen molar-refractivity contribution < 1.29 is 24.5 Å². The molecule has 1 heterocycles. The topological polar surface area (TPSA) is 100 Å². The van der Waals surface area contributed by atoms with Crippen molar-refractivity contribution in [3.8, 4) is 23.0 Å². The van der Waals surface area contributed by atoms with Crippen LogP contribution in [0.15, 0.2) is 24.3 Å². The van der Waals surface area contributed by atoms with Crippen LogP contribution in [-0.4, -0.2) is 29.7 Å². The smallest absolute Gasteiger partial charge is 0.168 e. The molecule has 7 heteroatoms. The first-order valence-corrected chi connectivity index (χ1v) is 11.1. The van der Waals surface area contributed by atoms with Gasteiger partial charge in [0.2, 0.25) is 0 Å². The minimum absolute atomic E-state index is 0.0438. The van der Waals surface area contributed by atoms with E-state index in [9.17, 15) is 15.0 Å². The van der Waals surface area contributed by atoms with Crippen LogP contribution in [0.2, 0.25) is 0 Å². The Morgan fingerprint density at radius 2 is 1.42 bits per heavy atom. The molecule has 0 atom stereocenters. The molecule has 0 aromatic heterocycles. The first-order valence-electron chi connectivity index (χ1n) is 11.1. The van der Waals surface area contributed by atoms with Crippen LogP contribution >= 0.6 is 0 Å². The number of hydrogen-bond acceptors (Lipinski definition) is 7. The van der Waals surface area contributed by atoms with Crippen molar-refractivity contribution in [3.63, 3.8) is 0 Å². The molecule has 0 radical (unpaired) electrons. The number of ether oxygens (including phenoxy) is 2. The fraction of sp³-hybridized carbons (Fsp3) is 0.458. The maximum absolute atomic E-state index is 11.0. The van der Waals surface area contributed by atoms with E-state index in [-0.39, 0.29) is 11.3 Å². The van der Waals surface area contributed by atoms with Gasteiger partial charge in [-0.3, -0.25) is 4.79 Å². The fourth-order valence-corrected chi connectivity index (χ4v) is 3.53. The SMILES string of the molecule is CCCCCOc1cc2c(cc1OCCCCC)NC(c1ccc(C=O)c(O)c1O)N2. The van der Waals surface area contributed by atoms with Gasteiger partial charge in [0.1, 0.15) is 6.17 Å². The van der Waals surface area contributed by atoms with Gasteiger partial charge in [-0.1, -0.05) is 45.6 Å². The molecule has 168 valence electrons. The number of carbonyl (C=O) groups excluding carboxylic acids is 1. The predicted molar refractivity (Wildman–Crippen MR) is 122 cm³/mol. The van der Waals surface area contributed by atoms with Crippen molar-refractivity contribution in [2.24, 2.45) is 0 Å². The van der Waals surface area contributed by atoms with Crippen molar-refractivity contribution >= 4 is 17.7 Å². The molecule has 0 spiro atoms. The van der Waals surface area contributed by atoms with Gasteiger partial charge in [0, 0.05) is 17.7 Å². The second-order valence-electron chi connectivity index (χ2n) is 7.74. The van der Waals surface area contributed by atoms with Crippen LogP contribution in [0.4, 0.5) is 11.4 Å². The van der Waals surface area contributed by atoms with Gasteiger partial charge < -0.3 is 30.3 Å². The van der Waals surface area contributed by atoms with E-state index < -0.39 is 11.9 Å². The third-order valence-electron chi connectivity index (χ3n) is 5.35. The van der Waals surface area contributed by atoms with Crippen molar-refractivity contribution in [1.29, 1.82) is 0 Å². The summed E-state index contributed by atoms with van der Waals surface area (Å²) in [5.74, 6) is 0.621. The molecule has 2 aromatic carbocycles. The Labute approximate surface area is 183 Å². The molecule has 0 unspecified atom stereocenters. The normalized spacial score (nSPS) is 12.7. The number of aromatic hydroxyl groups is 2. The highest BCUT2D eigenvalue weighted by atomic mass is 16.5. The maximum Gasteiger partial charge on any atom is 0.168 e. The van der Waals surface area contributed by atoms with Crippen LogP contribution in [-0.2, 0) is 0 Å². The average Bonchev–Trinajstić information content (AvgIpc) is 3.18. The second kappa shape index (κ2) is 10.8. The van der Waals surface area contributed by atoms with Gasteiger partial charge >= 0.3 is 0 Å². The highest BCUT2D eigenvalue weighted by Gasteiger charge is 2.27. The van der Waals surface area contributed by atoms with Crippen molar-refractivity contribution in [1.82, 2.24) is 0 Å². The van der Waals surface area contributed by atoms with Gasteiger partial charge in [-0.05, 0) is 18.9 Å². The highest BCUT2D eigenvalue weighted by Crippen LogP contribution is 2.45. The number of aldehydes is 1. The molecule has 4 N–H and O–H groups in total. The van der Waals surface area contributed by atoms with Gasteiger partial charge in [0.15, 0.2) is 29.3 Å². The van der Waals surface area contributed by atoms with Crippen molar-refractivity contribution in [2.45, 2.75) is 58.5 Å². The number of nitrogens with one attached hydrogen (secondary N) is 2. The van der Waals surface area contributed by atoms with E-state index in [1.807, 2.05) is 12.1 Å². The molecule has 0 aliphatic carbocycles. The fourth-order valence-electron chi connectivity index (χ4n) is 3.53. The van der Waals surface area contributed by atoms with E-state index in [2.05, 4.69) is 24.5 Å². The molecule has 0 saturated carbocycles. The first-order chi connectivity index (χ1) is 15.1. The van der Waals surface area contributed by atoms with Gasteiger partial charge in [-0.2, -0.15) is 0 Å². The number of carbonyl (C=O) groups is 1. The molecule has 2 aromatic rings. The van der Waals surface area contributed by atoms with E-state index in [1.165, 1.54) is 6.07 Å². The zero-order valence-electron chi connectivity index (χ0n) is 18.2. The second-order valence-corrected chi connectivity index (χ2v) is 7.74. The Kier molecular flexibility index (Phi) is 7.87. The lowest BCUT2D eigenvalue weighted by Gasteiger charge is -2.15. The molecule has 1 aliphatic rings. The molecule has 0 fully saturated rings. The number of benzene rings is 2. The third kappa shape index (κ3) is 5.34. The Morgan fingerprint density at radius 3 is 1.90 bits per heavy atom. The van der Waals surface area contributed by atoms with Crippen LogP contribution in [0, 0.1) is 0 Å². The molecule has 1 aliphatic heterocycles. The Morgan fingerprint density at radius 1 is 0.871 bits per heavy atom. The van der Waals surface area contributed by atoms with Gasteiger partial charge in [-0.15, -0.1) is 0 Å². The van der Waals surface area contributed by atoms with Crippen LogP contribution < -0.4 is 20.1 Å². The van der Waals surface area contributed by atoms with E-state index in [4.69, 9.17) is 9.47 Å². The summed E-state index contributed by atoms with van der Waals surface area (Å²) in [7, 11) is 0. The van der Waals surface area contributed by atoms with E-state index in [0.29, 0.717) is 36.6 Å².